The molecule has 0 unspecified atom stereocenters. The van der Waals surface area contributed by atoms with E-state index in [4.69, 9.17) is 27.9 Å². The van der Waals surface area contributed by atoms with Crippen LogP contribution in [0, 0.1) is 11.6 Å². The van der Waals surface area contributed by atoms with Crippen LogP contribution in [0.4, 0.5) is 8.78 Å². The minimum Gasteiger partial charge on any atom is -0.492 e. The summed E-state index contributed by atoms with van der Waals surface area (Å²) >= 11 is 11.7. The van der Waals surface area contributed by atoms with Crippen LogP contribution in [0.3, 0.4) is 0 Å². The third kappa shape index (κ3) is 5.86. The van der Waals surface area contributed by atoms with Crippen LogP contribution < -0.4 is 15.6 Å². The fourth-order valence-corrected chi connectivity index (χ4v) is 2.40. The molecule has 0 aliphatic carbocycles. The lowest BCUT2D eigenvalue weighted by molar-refractivity contribution is -0.122. The Morgan fingerprint density at radius 1 is 1.04 bits per heavy atom. The number of rotatable bonds is 6. The smallest absolute Gasteiger partial charge is 0.272 e. The van der Waals surface area contributed by atoms with Crippen LogP contribution >= 0.6 is 23.2 Å². The highest BCUT2D eigenvalue weighted by molar-refractivity contribution is 6.35. The highest BCUT2D eigenvalue weighted by atomic mass is 35.5. The number of nitrogens with one attached hydrogen (secondary N) is 2. The van der Waals surface area contributed by atoms with Crippen molar-refractivity contribution in [2.75, 3.05) is 6.61 Å². The molecular formula is C17H14Cl2F2N2O3. The molecule has 2 rings (SSSR count). The number of hydrogen-bond donors (Lipinski definition) is 2. The molecule has 0 bridgehead atoms. The maximum Gasteiger partial charge on any atom is 0.272 e. The third-order valence-electron chi connectivity index (χ3n) is 3.19. The molecule has 2 N–H and O–H groups in total. The van der Waals surface area contributed by atoms with Crippen molar-refractivity contribution in [2.45, 2.75) is 12.8 Å². The van der Waals surface area contributed by atoms with E-state index >= 15 is 0 Å². The average molecular weight is 403 g/mol. The lowest BCUT2D eigenvalue weighted by atomic mass is 10.2. The Morgan fingerprint density at radius 2 is 1.81 bits per heavy atom. The van der Waals surface area contributed by atoms with Gasteiger partial charge in [0, 0.05) is 17.5 Å². The first-order chi connectivity index (χ1) is 12.4. The predicted octanol–water partition coefficient (Wildman–Crippen LogP) is 3.89. The van der Waals surface area contributed by atoms with Crippen molar-refractivity contribution >= 4 is 35.0 Å². The van der Waals surface area contributed by atoms with Gasteiger partial charge < -0.3 is 4.74 Å². The first-order valence-corrected chi connectivity index (χ1v) is 8.24. The van der Waals surface area contributed by atoms with Crippen molar-refractivity contribution in [3.05, 3.63) is 63.6 Å². The molecule has 0 heterocycles. The van der Waals surface area contributed by atoms with Crippen LogP contribution in [0.1, 0.15) is 23.2 Å². The number of benzene rings is 2. The van der Waals surface area contributed by atoms with Crippen molar-refractivity contribution in [2.24, 2.45) is 0 Å². The highest BCUT2D eigenvalue weighted by Crippen LogP contribution is 2.27. The second kappa shape index (κ2) is 9.35. The fourth-order valence-electron chi connectivity index (χ4n) is 1.94. The van der Waals surface area contributed by atoms with Gasteiger partial charge in [-0.05, 0) is 36.8 Å². The van der Waals surface area contributed by atoms with Crippen LogP contribution in [0.5, 0.6) is 5.75 Å². The van der Waals surface area contributed by atoms with E-state index in [0.717, 1.165) is 12.1 Å². The number of carbonyl (C=O) groups is 2. The molecule has 26 heavy (non-hydrogen) atoms. The third-order valence-corrected chi connectivity index (χ3v) is 3.72. The molecule has 0 aliphatic rings. The molecule has 0 saturated heterocycles. The first-order valence-electron chi connectivity index (χ1n) is 7.49. The highest BCUT2D eigenvalue weighted by Gasteiger charge is 2.13. The summed E-state index contributed by atoms with van der Waals surface area (Å²) in [5.74, 6) is -2.77. The molecule has 2 aromatic rings. The summed E-state index contributed by atoms with van der Waals surface area (Å²) in [6, 6.07) is 7.28. The lowest BCUT2D eigenvalue weighted by Crippen LogP contribution is -2.42. The van der Waals surface area contributed by atoms with Crippen molar-refractivity contribution < 1.29 is 23.1 Å². The summed E-state index contributed by atoms with van der Waals surface area (Å²) < 4.78 is 31.7. The predicted molar refractivity (Wildman–Crippen MR) is 93.2 cm³/mol. The standard InChI is InChI=1S/C17H14Cl2F2N2O3/c18-10-3-6-15(13(19)8-10)26-7-1-2-16(24)22-23-17(25)12-5-4-11(20)9-14(12)21/h3-6,8-9H,1-2,7H2,(H,22,24)(H,23,25). The van der Waals surface area contributed by atoms with Gasteiger partial charge in [-0.1, -0.05) is 23.2 Å². The molecular weight excluding hydrogens is 389 g/mol. The monoisotopic (exact) mass is 402 g/mol. The molecule has 0 fully saturated rings. The van der Waals surface area contributed by atoms with Gasteiger partial charge in [0.25, 0.3) is 5.91 Å². The Kier molecular flexibility index (Phi) is 7.17. The quantitative estimate of drug-likeness (QED) is 0.568. The van der Waals surface area contributed by atoms with E-state index < -0.39 is 23.4 Å². The SMILES string of the molecule is O=C(CCCOc1ccc(Cl)cc1Cl)NNC(=O)c1ccc(F)cc1F. The van der Waals surface area contributed by atoms with E-state index in [9.17, 15) is 18.4 Å². The van der Waals surface area contributed by atoms with Gasteiger partial charge in [-0.2, -0.15) is 0 Å². The van der Waals surface area contributed by atoms with Crippen LogP contribution in [-0.2, 0) is 4.79 Å². The number of hydrazine groups is 1. The van der Waals surface area contributed by atoms with Gasteiger partial charge in [0.15, 0.2) is 0 Å². The minimum atomic E-state index is -1.02. The number of halogens is 4. The summed E-state index contributed by atoms with van der Waals surface area (Å²) in [7, 11) is 0. The van der Waals surface area contributed by atoms with Gasteiger partial charge in [0.1, 0.15) is 17.4 Å². The molecule has 0 aromatic heterocycles. The molecule has 9 heteroatoms. The van der Waals surface area contributed by atoms with E-state index in [1.165, 1.54) is 6.07 Å². The fraction of sp³-hybridized carbons (Fsp3) is 0.176. The molecule has 0 atom stereocenters. The van der Waals surface area contributed by atoms with E-state index in [0.29, 0.717) is 28.3 Å². The summed E-state index contributed by atoms with van der Waals surface area (Å²) in [6.45, 7) is 0.218. The molecule has 2 aromatic carbocycles. The van der Waals surface area contributed by atoms with Gasteiger partial charge >= 0.3 is 0 Å². The van der Waals surface area contributed by atoms with Gasteiger partial charge in [0.2, 0.25) is 5.91 Å². The molecule has 0 aliphatic heterocycles. The molecule has 2 amide bonds. The molecule has 138 valence electrons. The second-order valence-electron chi connectivity index (χ2n) is 5.15. The van der Waals surface area contributed by atoms with E-state index in [-0.39, 0.29) is 18.6 Å². The first kappa shape index (κ1) is 19.9. The Balaban J connectivity index is 1.71. The minimum absolute atomic E-state index is 0.0530. The van der Waals surface area contributed by atoms with Crippen molar-refractivity contribution in [1.29, 1.82) is 0 Å². The summed E-state index contributed by atoms with van der Waals surface area (Å²) in [5, 5.41) is 0.839. The Hall–Kier alpha value is -2.38. The maximum absolute atomic E-state index is 13.4. The van der Waals surface area contributed by atoms with Crippen LogP contribution in [0.25, 0.3) is 0 Å². The number of hydrogen-bond acceptors (Lipinski definition) is 3. The zero-order valence-electron chi connectivity index (χ0n) is 13.3. The number of amides is 2. The van der Waals surface area contributed by atoms with Crippen LogP contribution in [0.2, 0.25) is 10.0 Å². The van der Waals surface area contributed by atoms with Crippen molar-refractivity contribution in [3.8, 4) is 5.75 Å². The molecule has 0 radical (unpaired) electrons. The number of carbonyl (C=O) groups excluding carboxylic acids is 2. The van der Waals surface area contributed by atoms with Crippen LogP contribution in [0.15, 0.2) is 36.4 Å². The molecule has 0 saturated carbocycles. The Bertz CT molecular complexity index is 819. The number of ether oxygens (including phenoxy) is 1. The Labute approximate surface area is 158 Å². The largest absolute Gasteiger partial charge is 0.492 e. The van der Waals surface area contributed by atoms with Gasteiger partial charge in [-0.25, -0.2) is 8.78 Å². The van der Waals surface area contributed by atoms with Crippen LogP contribution in [-0.4, -0.2) is 18.4 Å². The lowest BCUT2D eigenvalue weighted by Gasteiger charge is -2.09. The van der Waals surface area contributed by atoms with Crippen molar-refractivity contribution in [1.82, 2.24) is 10.9 Å². The normalized spacial score (nSPS) is 10.3. The van der Waals surface area contributed by atoms with E-state index in [2.05, 4.69) is 10.9 Å². The van der Waals surface area contributed by atoms with E-state index in [1.54, 1.807) is 12.1 Å². The molecule has 0 spiro atoms. The second-order valence-corrected chi connectivity index (χ2v) is 6.00. The Morgan fingerprint density at radius 3 is 2.50 bits per heavy atom. The average Bonchev–Trinajstić information content (AvgIpc) is 2.58. The van der Waals surface area contributed by atoms with Gasteiger partial charge in [0.05, 0.1) is 17.2 Å². The van der Waals surface area contributed by atoms with E-state index in [1.807, 2.05) is 0 Å². The summed E-state index contributed by atoms with van der Waals surface area (Å²) in [5.41, 5.74) is 3.82. The molecule has 5 nitrogen and oxygen atoms in total. The summed E-state index contributed by atoms with van der Waals surface area (Å²) in [6.07, 6.45) is 0.406. The van der Waals surface area contributed by atoms with Gasteiger partial charge in [-0.15, -0.1) is 0 Å². The summed E-state index contributed by atoms with van der Waals surface area (Å²) in [4.78, 5) is 23.4. The topological polar surface area (TPSA) is 67.4 Å². The zero-order chi connectivity index (χ0) is 19.1. The zero-order valence-corrected chi connectivity index (χ0v) is 14.8. The van der Waals surface area contributed by atoms with Crippen molar-refractivity contribution in [3.63, 3.8) is 0 Å². The van der Waals surface area contributed by atoms with Gasteiger partial charge in [-0.3, -0.25) is 20.4 Å². The maximum atomic E-state index is 13.4.